The molecular formula is C22H26O6. The number of hydrogen-bond donors (Lipinski definition) is 6. The lowest BCUT2D eigenvalue weighted by molar-refractivity contribution is -0.459. The van der Waals surface area contributed by atoms with Crippen molar-refractivity contribution in [1.82, 2.24) is 0 Å². The highest BCUT2D eigenvalue weighted by atomic mass is 16.5. The van der Waals surface area contributed by atoms with E-state index in [1.54, 1.807) is 48.5 Å². The maximum absolute atomic E-state index is 11.5. The zero-order valence-electron chi connectivity index (χ0n) is 15.8. The van der Waals surface area contributed by atoms with Crippen LogP contribution >= 0.6 is 0 Å². The highest BCUT2D eigenvalue weighted by Crippen LogP contribution is 2.75. The molecule has 7 atom stereocenters. The standard InChI is InChI=1S/C22H26O6/c1-12-3-7-14(8-4-12)17-19(25)21(27)18(15-9-5-13(2)6-10-15)20(26,16(24)11-23)22(17,21)28/h3-10,16-19,23-28H,11H2,1-2H3. The summed E-state index contributed by atoms with van der Waals surface area (Å²) < 4.78 is 0. The molecule has 0 heterocycles. The van der Waals surface area contributed by atoms with Crippen molar-refractivity contribution in [1.29, 1.82) is 0 Å². The Morgan fingerprint density at radius 1 is 0.857 bits per heavy atom. The molecule has 6 nitrogen and oxygen atoms in total. The average Bonchev–Trinajstić information content (AvgIpc) is 2.69. The third kappa shape index (κ3) is 2.03. The number of benzene rings is 2. The molecule has 0 bridgehead atoms. The first-order chi connectivity index (χ1) is 13.1. The van der Waals surface area contributed by atoms with E-state index in [1.165, 1.54) is 0 Å². The summed E-state index contributed by atoms with van der Waals surface area (Å²) in [6.07, 6.45) is -3.05. The summed E-state index contributed by atoms with van der Waals surface area (Å²) in [7, 11) is 0. The van der Waals surface area contributed by atoms with Crippen LogP contribution in [-0.4, -0.2) is 66.3 Å². The molecule has 2 aliphatic rings. The van der Waals surface area contributed by atoms with Crippen LogP contribution in [0.1, 0.15) is 34.1 Å². The minimum atomic E-state index is -2.24. The Morgan fingerprint density at radius 2 is 1.32 bits per heavy atom. The van der Waals surface area contributed by atoms with Crippen LogP contribution in [0.2, 0.25) is 0 Å². The SMILES string of the molecule is Cc1ccc(C2C(O)(C(O)CO)C3(O)C(c4ccc(C)cc4)C(O)C23O)cc1. The van der Waals surface area contributed by atoms with Gasteiger partial charge in [0.15, 0.2) is 0 Å². The minimum absolute atomic E-state index is 0.467. The van der Waals surface area contributed by atoms with Crippen LogP contribution in [-0.2, 0) is 0 Å². The Hall–Kier alpha value is -1.80. The number of hydrogen-bond acceptors (Lipinski definition) is 6. The van der Waals surface area contributed by atoms with E-state index in [4.69, 9.17) is 0 Å². The largest absolute Gasteiger partial charge is 0.394 e. The fourth-order valence-electron chi connectivity index (χ4n) is 5.35. The Kier molecular flexibility index (Phi) is 4.25. The van der Waals surface area contributed by atoms with Crippen molar-refractivity contribution in [3.05, 3.63) is 70.8 Å². The zero-order valence-corrected chi connectivity index (χ0v) is 15.8. The third-order valence-corrected chi connectivity index (χ3v) is 6.85. The molecule has 6 heteroatoms. The summed E-state index contributed by atoms with van der Waals surface area (Å²) in [6, 6.07) is 14.0. The Labute approximate surface area is 163 Å². The first kappa shape index (κ1) is 19.5. The molecule has 2 aliphatic carbocycles. The summed E-state index contributed by atoms with van der Waals surface area (Å²) in [5, 5.41) is 65.1. The molecule has 0 spiro atoms. The van der Waals surface area contributed by atoms with Crippen molar-refractivity contribution in [2.45, 2.75) is 54.7 Å². The molecule has 0 saturated heterocycles. The van der Waals surface area contributed by atoms with Crippen LogP contribution in [0.5, 0.6) is 0 Å². The smallest absolute Gasteiger partial charge is 0.138 e. The van der Waals surface area contributed by atoms with E-state index < -0.39 is 47.5 Å². The Bertz CT molecular complexity index is 879. The molecule has 150 valence electrons. The molecule has 6 N–H and O–H groups in total. The maximum atomic E-state index is 11.5. The van der Waals surface area contributed by atoms with Crippen LogP contribution < -0.4 is 0 Å². The Morgan fingerprint density at radius 3 is 1.79 bits per heavy atom. The molecule has 0 aliphatic heterocycles. The molecule has 2 aromatic rings. The molecule has 0 amide bonds. The van der Waals surface area contributed by atoms with Gasteiger partial charge in [0.25, 0.3) is 0 Å². The quantitative estimate of drug-likeness (QED) is 0.444. The van der Waals surface area contributed by atoms with Gasteiger partial charge in [-0.2, -0.15) is 0 Å². The van der Waals surface area contributed by atoms with E-state index in [0.29, 0.717) is 11.1 Å². The number of aliphatic hydroxyl groups is 6. The van der Waals surface area contributed by atoms with Crippen molar-refractivity contribution in [2.24, 2.45) is 0 Å². The average molecular weight is 386 g/mol. The maximum Gasteiger partial charge on any atom is 0.138 e. The Balaban J connectivity index is 1.84. The lowest BCUT2D eigenvalue weighted by atomic mass is 9.30. The van der Waals surface area contributed by atoms with Gasteiger partial charge >= 0.3 is 0 Å². The van der Waals surface area contributed by atoms with Crippen molar-refractivity contribution in [2.75, 3.05) is 6.61 Å². The van der Waals surface area contributed by atoms with Crippen LogP contribution in [0, 0.1) is 13.8 Å². The van der Waals surface area contributed by atoms with Gasteiger partial charge < -0.3 is 30.6 Å². The topological polar surface area (TPSA) is 121 Å². The summed E-state index contributed by atoms with van der Waals surface area (Å²) >= 11 is 0. The van der Waals surface area contributed by atoms with Gasteiger partial charge in [-0.3, -0.25) is 0 Å². The monoisotopic (exact) mass is 386 g/mol. The third-order valence-electron chi connectivity index (χ3n) is 6.85. The van der Waals surface area contributed by atoms with E-state index in [9.17, 15) is 30.6 Å². The zero-order chi connectivity index (χ0) is 20.5. The van der Waals surface area contributed by atoms with Crippen LogP contribution in [0.25, 0.3) is 0 Å². The number of rotatable bonds is 4. The molecule has 4 rings (SSSR count). The molecule has 0 aromatic heterocycles. The van der Waals surface area contributed by atoms with Gasteiger partial charge in [-0.05, 0) is 25.0 Å². The van der Waals surface area contributed by atoms with Crippen molar-refractivity contribution in [3.63, 3.8) is 0 Å². The summed E-state index contributed by atoms with van der Waals surface area (Å²) in [6.45, 7) is 2.98. The predicted molar refractivity (Wildman–Crippen MR) is 102 cm³/mol. The summed E-state index contributed by atoms with van der Waals surface area (Å²) in [5.41, 5.74) is -3.56. The lowest BCUT2D eigenvalue weighted by Crippen LogP contribution is -2.99. The highest BCUT2D eigenvalue weighted by molar-refractivity contribution is 5.55. The predicted octanol–water partition coefficient (Wildman–Crippen LogP) is 0.105. The molecule has 2 aromatic carbocycles. The second-order valence-electron chi connectivity index (χ2n) is 8.29. The highest BCUT2D eigenvalue weighted by Gasteiger charge is 2.93. The first-order valence-corrected chi connectivity index (χ1v) is 9.41. The fraction of sp³-hybridized carbons (Fsp3) is 0.455. The molecule has 0 radical (unpaired) electrons. The normalized spacial score (nSPS) is 40.2. The van der Waals surface area contributed by atoms with E-state index >= 15 is 0 Å². The van der Waals surface area contributed by atoms with Gasteiger partial charge in [0.1, 0.15) is 22.9 Å². The van der Waals surface area contributed by atoms with E-state index in [0.717, 1.165) is 11.1 Å². The summed E-state index contributed by atoms with van der Waals surface area (Å²) in [4.78, 5) is 0. The van der Waals surface area contributed by atoms with Crippen LogP contribution in [0.15, 0.2) is 48.5 Å². The van der Waals surface area contributed by atoms with E-state index in [2.05, 4.69) is 0 Å². The van der Waals surface area contributed by atoms with E-state index in [-0.39, 0.29) is 0 Å². The number of fused-ring (bicyclic) bond motifs is 1. The first-order valence-electron chi connectivity index (χ1n) is 9.41. The van der Waals surface area contributed by atoms with Gasteiger partial charge in [0, 0.05) is 5.92 Å². The molecule has 28 heavy (non-hydrogen) atoms. The van der Waals surface area contributed by atoms with Gasteiger partial charge in [0.2, 0.25) is 0 Å². The molecular weight excluding hydrogens is 360 g/mol. The van der Waals surface area contributed by atoms with Crippen LogP contribution in [0.3, 0.4) is 0 Å². The summed E-state index contributed by atoms with van der Waals surface area (Å²) in [5.74, 6) is -2.17. The molecule has 2 saturated carbocycles. The second kappa shape index (κ2) is 6.10. The van der Waals surface area contributed by atoms with Crippen molar-refractivity contribution >= 4 is 0 Å². The molecule has 7 unspecified atom stereocenters. The number of aliphatic hydroxyl groups excluding tert-OH is 3. The van der Waals surface area contributed by atoms with Crippen molar-refractivity contribution < 1.29 is 30.6 Å². The lowest BCUT2D eigenvalue weighted by Gasteiger charge is -2.80. The van der Waals surface area contributed by atoms with Gasteiger partial charge in [-0.25, -0.2) is 0 Å². The van der Waals surface area contributed by atoms with E-state index in [1.807, 2.05) is 13.8 Å². The minimum Gasteiger partial charge on any atom is -0.394 e. The second-order valence-corrected chi connectivity index (χ2v) is 8.29. The fourth-order valence-corrected chi connectivity index (χ4v) is 5.35. The van der Waals surface area contributed by atoms with Gasteiger partial charge in [0.05, 0.1) is 18.6 Å². The van der Waals surface area contributed by atoms with Gasteiger partial charge in [-0.15, -0.1) is 0 Å². The number of aryl methyl sites for hydroxylation is 2. The van der Waals surface area contributed by atoms with Crippen molar-refractivity contribution in [3.8, 4) is 0 Å². The van der Waals surface area contributed by atoms with Crippen LogP contribution in [0.4, 0.5) is 0 Å². The van der Waals surface area contributed by atoms with Gasteiger partial charge in [-0.1, -0.05) is 59.7 Å². The molecule has 2 fully saturated rings.